The van der Waals surface area contributed by atoms with Crippen LogP contribution in [0.4, 0.5) is 0 Å². The second kappa shape index (κ2) is 5.26. The van der Waals surface area contributed by atoms with Gasteiger partial charge in [-0.25, -0.2) is 0 Å². The zero-order valence-electron chi connectivity index (χ0n) is 6.69. The number of carboxylic acids is 2. The summed E-state index contributed by atoms with van der Waals surface area (Å²) in [4.78, 5) is 21.2. The third-order valence-electron chi connectivity index (χ3n) is 2.40. The molecule has 1 fully saturated rings. The van der Waals surface area contributed by atoms with Crippen molar-refractivity contribution in [1.82, 2.24) is 0 Å². The molecule has 0 aliphatic heterocycles. The minimum absolute atomic E-state index is 0. The van der Waals surface area contributed by atoms with E-state index in [-0.39, 0.29) is 17.4 Å². The number of aliphatic carboxylic acids is 2. The highest BCUT2D eigenvalue weighted by Crippen LogP contribution is 2.30. The lowest BCUT2D eigenvalue weighted by Crippen LogP contribution is -2.32. The zero-order valence-corrected chi connectivity index (χ0v) is 6.69. The van der Waals surface area contributed by atoms with Gasteiger partial charge in [-0.05, 0) is 12.8 Å². The summed E-state index contributed by atoms with van der Waals surface area (Å²) < 4.78 is 0. The van der Waals surface area contributed by atoms with E-state index in [0.29, 0.717) is 12.8 Å². The molecular formula is C8H15AlO4. The van der Waals surface area contributed by atoms with Gasteiger partial charge in [0.1, 0.15) is 0 Å². The second-order valence-corrected chi connectivity index (χ2v) is 3.17. The molecule has 74 valence electrons. The predicted molar refractivity (Wildman–Crippen MR) is 50.7 cm³/mol. The second-order valence-electron chi connectivity index (χ2n) is 3.17. The Labute approximate surface area is 87.1 Å². The smallest absolute Gasteiger partial charge is 0.307 e. The molecule has 0 aromatic rings. The third-order valence-corrected chi connectivity index (χ3v) is 2.40. The topological polar surface area (TPSA) is 74.6 Å². The standard InChI is InChI=1S/C8H12O4.Al.3H/c9-7(10)5-3-1-2-4-6(5)8(11)12;;;;/h5-6H,1-4H2,(H,9,10)(H,11,12);;;;. The molecule has 0 aromatic carbocycles. The van der Waals surface area contributed by atoms with Crippen molar-refractivity contribution < 1.29 is 19.8 Å². The Bertz CT molecular complexity index is 182. The highest BCUT2D eigenvalue weighted by molar-refractivity contribution is 5.80. The van der Waals surface area contributed by atoms with Gasteiger partial charge in [0.05, 0.1) is 11.8 Å². The van der Waals surface area contributed by atoms with E-state index in [4.69, 9.17) is 10.2 Å². The summed E-state index contributed by atoms with van der Waals surface area (Å²) in [5, 5.41) is 17.4. The quantitative estimate of drug-likeness (QED) is 0.607. The molecule has 2 unspecified atom stereocenters. The van der Waals surface area contributed by atoms with Crippen LogP contribution in [0, 0.1) is 11.8 Å². The molecule has 0 bridgehead atoms. The van der Waals surface area contributed by atoms with Gasteiger partial charge in [-0.2, -0.15) is 0 Å². The van der Waals surface area contributed by atoms with Gasteiger partial charge in [-0.15, -0.1) is 0 Å². The maximum atomic E-state index is 10.6. The van der Waals surface area contributed by atoms with Crippen LogP contribution in [-0.2, 0) is 9.59 Å². The third kappa shape index (κ3) is 3.02. The van der Waals surface area contributed by atoms with E-state index < -0.39 is 23.8 Å². The van der Waals surface area contributed by atoms with Crippen LogP contribution in [0.2, 0.25) is 0 Å². The van der Waals surface area contributed by atoms with Gasteiger partial charge in [0.25, 0.3) is 0 Å². The molecular weight excluding hydrogens is 187 g/mol. The minimum atomic E-state index is -0.970. The van der Waals surface area contributed by atoms with E-state index >= 15 is 0 Å². The average molecular weight is 202 g/mol. The SMILES string of the molecule is O=C(O)C1CCCCC1C(=O)O.[AlH3]. The summed E-state index contributed by atoms with van der Waals surface area (Å²) in [7, 11) is 0. The summed E-state index contributed by atoms with van der Waals surface area (Å²) in [5.41, 5.74) is 0. The van der Waals surface area contributed by atoms with Crippen molar-refractivity contribution in [3.8, 4) is 0 Å². The molecule has 1 rings (SSSR count). The lowest BCUT2D eigenvalue weighted by Gasteiger charge is -2.24. The van der Waals surface area contributed by atoms with E-state index in [9.17, 15) is 9.59 Å². The van der Waals surface area contributed by atoms with Crippen molar-refractivity contribution in [3.63, 3.8) is 0 Å². The van der Waals surface area contributed by atoms with Gasteiger partial charge in [0.2, 0.25) is 0 Å². The summed E-state index contributed by atoms with van der Waals surface area (Å²) in [5.74, 6) is -3.28. The maximum Gasteiger partial charge on any atom is 0.307 e. The van der Waals surface area contributed by atoms with E-state index in [1.165, 1.54) is 0 Å². The van der Waals surface area contributed by atoms with Gasteiger partial charge in [-0.3, -0.25) is 9.59 Å². The predicted octanol–water partition coefficient (Wildman–Crippen LogP) is -0.222. The zero-order chi connectivity index (χ0) is 9.14. The molecule has 13 heavy (non-hydrogen) atoms. The van der Waals surface area contributed by atoms with Gasteiger partial charge < -0.3 is 10.2 Å². The molecule has 0 heterocycles. The number of rotatable bonds is 2. The van der Waals surface area contributed by atoms with Crippen LogP contribution in [0.25, 0.3) is 0 Å². The molecule has 0 aromatic heterocycles. The van der Waals surface area contributed by atoms with Crippen molar-refractivity contribution in [2.75, 3.05) is 0 Å². The Kier molecular flexibility index (Phi) is 5.04. The van der Waals surface area contributed by atoms with Gasteiger partial charge >= 0.3 is 11.9 Å². The van der Waals surface area contributed by atoms with E-state index in [1.807, 2.05) is 0 Å². The van der Waals surface area contributed by atoms with Gasteiger partial charge in [0, 0.05) is 0 Å². The fourth-order valence-electron chi connectivity index (χ4n) is 1.72. The molecule has 4 nitrogen and oxygen atoms in total. The number of hydrogen-bond acceptors (Lipinski definition) is 2. The Morgan fingerprint density at radius 1 is 0.923 bits per heavy atom. The molecule has 5 heteroatoms. The lowest BCUT2D eigenvalue weighted by molar-refractivity contribution is -0.155. The van der Waals surface area contributed by atoms with Crippen LogP contribution in [0.15, 0.2) is 0 Å². The summed E-state index contributed by atoms with van der Waals surface area (Å²) in [6, 6.07) is 0. The van der Waals surface area contributed by atoms with Gasteiger partial charge in [0.15, 0.2) is 17.4 Å². The van der Waals surface area contributed by atoms with Crippen LogP contribution in [-0.4, -0.2) is 39.5 Å². The molecule has 0 amide bonds. The van der Waals surface area contributed by atoms with Crippen LogP contribution < -0.4 is 0 Å². The summed E-state index contributed by atoms with van der Waals surface area (Å²) in [6.45, 7) is 0. The van der Waals surface area contributed by atoms with Crippen molar-refractivity contribution in [2.24, 2.45) is 11.8 Å². The van der Waals surface area contributed by atoms with Crippen molar-refractivity contribution >= 4 is 29.3 Å². The molecule has 0 spiro atoms. The van der Waals surface area contributed by atoms with Crippen LogP contribution in [0.3, 0.4) is 0 Å². The van der Waals surface area contributed by atoms with Gasteiger partial charge in [-0.1, -0.05) is 12.8 Å². The summed E-state index contributed by atoms with van der Waals surface area (Å²) >= 11 is 0. The molecule has 1 saturated carbocycles. The Hall–Kier alpha value is -0.528. The van der Waals surface area contributed by atoms with Crippen LogP contribution in [0.1, 0.15) is 25.7 Å². The van der Waals surface area contributed by atoms with E-state index in [1.54, 1.807) is 0 Å². The molecule has 2 N–H and O–H groups in total. The van der Waals surface area contributed by atoms with Crippen LogP contribution >= 0.6 is 0 Å². The minimum Gasteiger partial charge on any atom is -0.481 e. The number of carbonyl (C=O) groups is 2. The average Bonchev–Trinajstić information content (AvgIpc) is 2.04. The highest BCUT2D eigenvalue weighted by atomic mass is 27.0. The molecule has 2 atom stereocenters. The monoisotopic (exact) mass is 202 g/mol. The lowest BCUT2D eigenvalue weighted by atomic mass is 9.79. The fraction of sp³-hybridized carbons (Fsp3) is 0.750. The normalized spacial score (nSPS) is 27.4. The first-order valence-corrected chi connectivity index (χ1v) is 4.08. The Morgan fingerprint density at radius 3 is 1.46 bits per heavy atom. The Balaban J connectivity index is 0.00000144. The highest BCUT2D eigenvalue weighted by Gasteiger charge is 2.35. The number of hydrogen-bond donors (Lipinski definition) is 2. The largest absolute Gasteiger partial charge is 0.481 e. The van der Waals surface area contributed by atoms with E-state index in [2.05, 4.69) is 0 Å². The molecule has 0 radical (unpaired) electrons. The molecule has 1 aliphatic rings. The van der Waals surface area contributed by atoms with Crippen LogP contribution in [0.5, 0.6) is 0 Å². The van der Waals surface area contributed by atoms with E-state index in [0.717, 1.165) is 12.8 Å². The maximum absolute atomic E-state index is 10.6. The van der Waals surface area contributed by atoms with Crippen molar-refractivity contribution in [2.45, 2.75) is 25.7 Å². The van der Waals surface area contributed by atoms with Crippen molar-refractivity contribution in [1.29, 1.82) is 0 Å². The molecule has 1 aliphatic carbocycles. The Morgan fingerprint density at radius 2 is 1.23 bits per heavy atom. The fourth-order valence-corrected chi connectivity index (χ4v) is 1.72. The first-order valence-electron chi connectivity index (χ1n) is 4.08. The molecule has 0 saturated heterocycles. The summed E-state index contributed by atoms with van der Waals surface area (Å²) in [6.07, 6.45) is 2.68. The number of carboxylic acid groups (broad SMARTS) is 2. The van der Waals surface area contributed by atoms with Crippen molar-refractivity contribution in [3.05, 3.63) is 0 Å². The first kappa shape index (κ1) is 12.5. The first-order chi connectivity index (χ1) is 5.63.